The first-order chi connectivity index (χ1) is 6.70. The van der Waals surface area contributed by atoms with Gasteiger partial charge in [0.05, 0.1) is 5.69 Å². The lowest BCUT2D eigenvalue weighted by molar-refractivity contribution is -0.118. The predicted octanol–water partition coefficient (Wildman–Crippen LogP) is 1.72. The zero-order chi connectivity index (χ0) is 10.1. The van der Waals surface area contributed by atoms with Gasteiger partial charge >= 0.3 is 0 Å². The van der Waals surface area contributed by atoms with E-state index < -0.39 is 0 Å². The molecule has 0 bridgehead atoms. The van der Waals surface area contributed by atoms with E-state index in [4.69, 9.17) is 4.74 Å². The Bertz CT molecular complexity index is 390. The average Bonchev–Trinajstić information content (AvgIpc) is 2.17. The molecule has 14 heavy (non-hydrogen) atoms. The molecule has 3 nitrogen and oxygen atoms in total. The van der Waals surface area contributed by atoms with Gasteiger partial charge in [-0.3, -0.25) is 4.79 Å². The predicted molar refractivity (Wildman–Crippen MR) is 49.9 cm³/mol. The molecule has 1 aromatic carbocycles. The summed E-state index contributed by atoms with van der Waals surface area (Å²) < 4.78 is 18.3. The highest BCUT2D eigenvalue weighted by molar-refractivity contribution is 5.95. The average molecular weight is 195 g/mol. The lowest BCUT2D eigenvalue weighted by Gasteiger charge is -2.18. The summed E-state index contributed by atoms with van der Waals surface area (Å²) in [6.45, 7) is 1.81. The minimum absolute atomic E-state index is 0.0437. The summed E-state index contributed by atoms with van der Waals surface area (Å²) in [6, 6.07) is 2.93. The number of aryl methyl sites for hydroxylation is 1. The second kappa shape index (κ2) is 3.29. The van der Waals surface area contributed by atoms with Crippen molar-refractivity contribution in [2.75, 3.05) is 11.9 Å². The molecule has 0 fully saturated rings. The lowest BCUT2D eigenvalue weighted by atomic mass is 10.1. The van der Waals surface area contributed by atoms with E-state index in [0.717, 1.165) is 0 Å². The van der Waals surface area contributed by atoms with Gasteiger partial charge < -0.3 is 10.1 Å². The molecular formula is C10H10FNO2. The van der Waals surface area contributed by atoms with Gasteiger partial charge in [0.2, 0.25) is 0 Å². The minimum atomic E-state index is -0.289. The number of hydrogen-bond acceptors (Lipinski definition) is 2. The maximum Gasteiger partial charge on any atom is 0.262 e. The molecule has 0 aromatic heterocycles. The van der Waals surface area contributed by atoms with E-state index in [0.29, 0.717) is 23.4 Å². The smallest absolute Gasteiger partial charge is 0.262 e. The first kappa shape index (κ1) is 8.99. The number of ether oxygens (including phenoxy) is 1. The molecule has 0 saturated carbocycles. The number of rotatable bonds is 1. The Labute approximate surface area is 80.9 Å². The van der Waals surface area contributed by atoms with Crippen molar-refractivity contribution in [3.63, 3.8) is 0 Å². The molecule has 1 aliphatic heterocycles. The summed E-state index contributed by atoms with van der Waals surface area (Å²) >= 11 is 0. The zero-order valence-corrected chi connectivity index (χ0v) is 7.76. The Balaban J connectivity index is 2.46. The highest BCUT2D eigenvalue weighted by atomic mass is 19.1. The van der Waals surface area contributed by atoms with Crippen LogP contribution in [0.2, 0.25) is 0 Å². The number of carbonyl (C=O) groups is 1. The second-order valence-corrected chi connectivity index (χ2v) is 3.13. The van der Waals surface area contributed by atoms with Gasteiger partial charge in [-0.05, 0) is 18.1 Å². The third-order valence-corrected chi connectivity index (χ3v) is 2.16. The van der Waals surface area contributed by atoms with Crippen LogP contribution in [0.15, 0.2) is 12.1 Å². The molecular weight excluding hydrogens is 185 g/mol. The highest BCUT2D eigenvalue weighted by Gasteiger charge is 2.17. The van der Waals surface area contributed by atoms with Crippen LogP contribution in [0.4, 0.5) is 10.1 Å². The maximum absolute atomic E-state index is 13.3. The summed E-state index contributed by atoms with van der Waals surface area (Å²) in [6.07, 6.45) is 0.592. The van der Waals surface area contributed by atoms with E-state index in [2.05, 4.69) is 5.32 Å². The van der Waals surface area contributed by atoms with Crippen LogP contribution in [-0.4, -0.2) is 12.5 Å². The molecule has 0 spiro atoms. The van der Waals surface area contributed by atoms with Crippen molar-refractivity contribution >= 4 is 11.6 Å². The minimum Gasteiger partial charge on any atom is -0.481 e. The van der Waals surface area contributed by atoms with Crippen LogP contribution in [0.5, 0.6) is 5.75 Å². The van der Waals surface area contributed by atoms with E-state index in [9.17, 15) is 9.18 Å². The van der Waals surface area contributed by atoms with Crippen molar-refractivity contribution in [2.45, 2.75) is 13.3 Å². The third kappa shape index (κ3) is 1.43. The molecule has 1 aromatic rings. The van der Waals surface area contributed by atoms with Crippen molar-refractivity contribution in [2.24, 2.45) is 0 Å². The molecule has 0 unspecified atom stereocenters. The number of anilines is 1. The molecule has 4 heteroatoms. The fourth-order valence-corrected chi connectivity index (χ4v) is 1.42. The van der Waals surface area contributed by atoms with Gasteiger partial charge in [0.25, 0.3) is 5.91 Å². The van der Waals surface area contributed by atoms with Crippen LogP contribution in [0, 0.1) is 5.82 Å². The second-order valence-electron chi connectivity index (χ2n) is 3.13. The van der Waals surface area contributed by atoms with Crippen molar-refractivity contribution in [3.8, 4) is 5.75 Å². The summed E-state index contributed by atoms with van der Waals surface area (Å²) in [5.41, 5.74) is 1.13. The first-order valence-corrected chi connectivity index (χ1v) is 4.45. The quantitative estimate of drug-likeness (QED) is 0.740. The van der Waals surface area contributed by atoms with Gasteiger partial charge in [0.1, 0.15) is 11.6 Å². The van der Waals surface area contributed by atoms with E-state index in [1.165, 1.54) is 6.07 Å². The van der Waals surface area contributed by atoms with Gasteiger partial charge in [-0.25, -0.2) is 4.39 Å². The molecule has 0 aliphatic carbocycles. The lowest BCUT2D eigenvalue weighted by Crippen LogP contribution is -2.25. The standard InChI is InChI=1S/C10H10FNO2/c1-2-6-3-8-9(4-7(6)11)14-5-10(13)12-8/h3-4H,2,5H2,1H3,(H,12,13). The molecule has 1 heterocycles. The number of amides is 1. The largest absolute Gasteiger partial charge is 0.481 e. The van der Waals surface area contributed by atoms with Gasteiger partial charge in [-0.1, -0.05) is 6.92 Å². The van der Waals surface area contributed by atoms with Crippen molar-refractivity contribution in [3.05, 3.63) is 23.5 Å². The van der Waals surface area contributed by atoms with Crippen molar-refractivity contribution in [1.82, 2.24) is 0 Å². The molecule has 2 rings (SSSR count). The molecule has 1 N–H and O–H groups in total. The molecule has 1 amide bonds. The van der Waals surface area contributed by atoms with E-state index in [-0.39, 0.29) is 18.3 Å². The SMILES string of the molecule is CCc1cc2c(cc1F)OCC(=O)N2. The summed E-state index contributed by atoms with van der Waals surface area (Å²) in [7, 11) is 0. The van der Waals surface area contributed by atoms with Crippen LogP contribution in [-0.2, 0) is 11.2 Å². The molecule has 74 valence electrons. The fraction of sp³-hybridized carbons (Fsp3) is 0.300. The zero-order valence-electron chi connectivity index (χ0n) is 7.76. The third-order valence-electron chi connectivity index (χ3n) is 2.16. The van der Waals surface area contributed by atoms with E-state index >= 15 is 0 Å². The van der Waals surface area contributed by atoms with E-state index in [1.807, 2.05) is 6.92 Å². The maximum atomic E-state index is 13.3. The number of carbonyl (C=O) groups excluding carboxylic acids is 1. The summed E-state index contributed by atoms with van der Waals surface area (Å²) in [5, 5.41) is 2.63. The Morgan fingerprint density at radius 2 is 2.36 bits per heavy atom. The van der Waals surface area contributed by atoms with Crippen LogP contribution < -0.4 is 10.1 Å². The Kier molecular flexibility index (Phi) is 2.11. The Hall–Kier alpha value is -1.58. The van der Waals surface area contributed by atoms with Gasteiger partial charge in [-0.2, -0.15) is 0 Å². The Morgan fingerprint density at radius 3 is 3.07 bits per heavy atom. The van der Waals surface area contributed by atoms with Crippen LogP contribution in [0.3, 0.4) is 0 Å². The monoisotopic (exact) mass is 195 g/mol. The number of benzene rings is 1. The van der Waals surface area contributed by atoms with Crippen molar-refractivity contribution in [1.29, 1.82) is 0 Å². The summed E-state index contributed by atoms with van der Waals surface area (Å²) in [4.78, 5) is 11.0. The number of fused-ring (bicyclic) bond motifs is 1. The topological polar surface area (TPSA) is 38.3 Å². The van der Waals surface area contributed by atoms with Gasteiger partial charge in [0, 0.05) is 6.07 Å². The normalized spacial score (nSPS) is 14.3. The van der Waals surface area contributed by atoms with Gasteiger partial charge in [-0.15, -0.1) is 0 Å². The molecule has 0 saturated heterocycles. The first-order valence-electron chi connectivity index (χ1n) is 4.45. The van der Waals surface area contributed by atoms with Crippen LogP contribution in [0.25, 0.3) is 0 Å². The van der Waals surface area contributed by atoms with Crippen LogP contribution in [0.1, 0.15) is 12.5 Å². The molecule has 1 aliphatic rings. The Morgan fingerprint density at radius 1 is 1.57 bits per heavy atom. The van der Waals surface area contributed by atoms with Crippen molar-refractivity contribution < 1.29 is 13.9 Å². The number of nitrogens with one attached hydrogen (secondary N) is 1. The van der Waals surface area contributed by atoms with Gasteiger partial charge in [0.15, 0.2) is 6.61 Å². The fourth-order valence-electron chi connectivity index (χ4n) is 1.42. The highest BCUT2D eigenvalue weighted by Crippen LogP contribution is 2.30. The van der Waals surface area contributed by atoms with Crippen LogP contribution >= 0.6 is 0 Å². The molecule has 0 radical (unpaired) electrons. The summed E-state index contributed by atoms with van der Waals surface area (Å²) in [5.74, 6) is -0.0899. The molecule has 0 atom stereocenters. The number of hydrogen-bond donors (Lipinski definition) is 1. The van der Waals surface area contributed by atoms with E-state index in [1.54, 1.807) is 6.07 Å². The number of halogens is 1.